The number of rotatable bonds is 4. The molecule has 2 aromatic rings. The van der Waals surface area contributed by atoms with E-state index < -0.39 is 0 Å². The Hall–Kier alpha value is -1.92. The molecule has 2 aromatic heterocycles. The fraction of sp³-hybridized carbons (Fsp3) is 0.375. The van der Waals surface area contributed by atoms with Gasteiger partial charge in [0.1, 0.15) is 5.76 Å². The number of hydrogen-bond donors (Lipinski definition) is 1. The third-order valence-electron chi connectivity index (χ3n) is 3.77. The molecule has 3 heterocycles. The van der Waals surface area contributed by atoms with E-state index in [1.807, 2.05) is 30.5 Å². The van der Waals surface area contributed by atoms with Crippen LogP contribution in [0.15, 0.2) is 47.2 Å². The maximum absolute atomic E-state index is 5.46. The number of piperazine rings is 1. The average Bonchev–Trinajstić information content (AvgIpc) is 3.08. The Kier molecular flexibility index (Phi) is 5.03. The lowest BCUT2D eigenvalue weighted by Gasteiger charge is -2.36. The fourth-order valence-electron chi connectivity index (χ4n) is 2.52. The van der Waals surface area contributed by atoms with Crippen LogP contribution in [-0.2, 0) is 13.1 Å². The fourth-order valence-corrected chi connectivity index (χ4v) is 2.77. The lowest BCUT2D eigenvalue weighted by Crippen LogP contribution is -2.51. The van der Waals surface area contributed by atoms with Crippen LogP contribution in [0, 0.1) is 0 Å². The van der Waals surface area contributed by atoms with Crippen LogP contribution in [0.5, 0.6) is 0 Å². The number of aromatic nitrogens is 1. The van der Waals surface area contributed by atoms with E-state index in [9.17, 15) is 0 Å². The van der Waals surface area contributed by atoms with Gasteiger partial charge in [-0.1, -0.05) is 6.07 Å². The molecule has 3 rings (SSSR count). The summed E-state index contributed by atoms with van der Waals surface area (Å²) in [5.74, 6) is 0.899. The molecule has 0 unspecified atom stereocenters. The Morgan fingerprint density at radius 2 is 2.05 bits per heavy atom. The molecule has 1 N–H and O–H groups in total. The zero-order valence-electron chi connectivity index (χ0n) is 12.4. The number of nitrogens with one attached hydrogen (secondary N) is 1. The number of hydrogen-bond acceptors (Lipinski definition) is 4. The molecule has 1 aliphatic heterocycles. The zero-order valence-corrected chi connectivity index (χ0v) is 13.3. The first-order valence-electron chi connectivity index (χ1n) is 7.49. The summed E-state index contributed by atoms with van der Waals surface area (Å²) in [6.07, 6.45) is 3.52. The monoisotopic (exact) mass is 316 g/mol. The highest BCUT2D eigenvalue weighted by Crippen LogP contribution is 2.07. The van der Waals surface area contributed by atoms with E-state index in [1.54, 1.807) is 6.26 Å². The summed E-state index contributed by atoms with van der Waals surface area (Å²) in [5, 5.41) is 4.05. The molecule has 0 saturated carbocycles. The maximum atomic E-state index is 5.46. The van der Waals surface area contributed by atoms with Gasteiger partial charge in [0.2, 0.25) is 0 Å². The largest absolute Gasteiger partial charge is 0.467 e. The minimum absolute atomic E-state index is 0.639. The van der Waals surface area contributed by atoms with Gasteiger partial charge in [-0.05, 0) is 36.5 Å². The van der Waals surface area contributed by atoms with Gasteiger partial charge < -0.3 is 14.6 Å². The molecule has 116 valence electrons. The Balaban J connectivity index is 1.42. The molecule has 1 saturated heterocycles. The average molecular weight is 316 g/mol. The first-order chi connectivity index (χ1) is 10.8. The van der Waals surface area contributed by atoms with Crippen molar-refractivity contribution in [2.24, 2.45) is 0 Å². The predicted octanol–water partition coefficient (Wildman–Crippen LogP) is 1.87. The molecule has 0 bridgehead atoms. The second-order valence-electron chi connectivity index (χ2n) is 5.32. The van der Waals surface area contributed by atoms with Crippen LogP contribution in [0.2, 0.25) is 0 Å². The molecule has 22 heavy (non-hydrogen) atoms. The SMILES string of the molecule is S=C(NCc1ccco1)N1CCN(Cc2ccccn2)CC1. The van der Waals surface area contributed by atoms with Crippen LogP contribution >= 0.6 is 12.2 Å². The second-order valence-corrected chi connectivity index (χ2v) is 5.71. The van der Waals surface area contributed by atoms with Crippen molar-refractivity contribution in [1.82, 2.24) is 20.1 Å². The van der Waals surface area contributed by atoms with Crippen molar-refractivity contribution in [3.8, 4) is 0 Å². The second kappa shape index (κ2) is 7.38. The number of thiocarbonyl (C=S) groups is 1. The minimum atomic E-state index is 0.639. The van der Waals surface area contributed by atoms with Gasteiger partial charge in [0, 0.05) is 38.9 Å². The summed E-state index contributed by atoms with van der Waals surface area (Å²) >= 11 is 5.46. The molecule has 0 radical (unpaired) electrons. The van der Waals surface area contributed by atoms with Crippen LogP contribution in [0.1, 0.15) is 11.5 Å². The van der Waals surface area contributed by atoms with Crippen molar-refractivity contribution in [1.29, 1.82) is 0 Å². The number of furan rings is 1. The van der Waals surface area contributed by atoms with E-state index in [1.165, 1.54) is 0 Å². The summed E-state index contributed by atoms with van der Waals surface area (Å²) in [6, 6.07) is 9.88. The van der Waals surface area contributed by atoms with Crippen LogP contribution in [0.3, 0.4) is 0 Å². The molecular formula is C16H20N4OS. The van der Waals surface area contributed by atoms with Crippen molar-refractivity contribution in [3.63, 3.8) is 0 Å². The predicted molar refractivity (Wildman–Crippen MR) is 89.2 cm³/mol. The molecular weight excluding hydrogens is 296 g/mol. The highest BCUT2D eigenvalue weighted by molar-refractivity contribution is 7.80. The lowest BCUT2D eigenvalue weighted by atomic mass is 10.3. The van der Waals surface area contributed by atoms with Crippen LogP contribution in [-0.4, -0.2) is 46.1 Å². The quantitative estimate of drug-likeness (QED) is 0.869. The summed E-state index contributed by atoms with van der Waals surface area (Å²) in [6.45, 7) is 5.42. The Morgan fingerprint density at radius 3 is 2.73 bits per heavy atom. The third kappa shape index (κ3) is 4.05. The summed E-state index contributed by atoms with van der Waals surface area (Å²) in [7, 11) is 0. The third-order valence-corrected chi connectivity index (χ3v) is 4.17. The molecule has 1 aliphatic rings. The summed E-state index contributed by atoms with van der Waals surface area (Å²) in [4.78, 5) is 9.01. The van der Waals surface area contributed by atoms with Gasteiger partial charge in [-0.2, -0.15) is 0 Å². The van der Waals surface area contributed by atoms with Gasteiger partial charge in [0.15, 0.2) is 5.11 Å². The van der Waals surface area contributed by atoms with Gasteiger partial charge >= 0.3 is 0 Å². The first kappa shape index (κ1) is 15.0. The molecule has 0 amide bonds. The van der Waals surface area contributed by atoms with Crippen molar-refractivity contribution in [3.05, 3.63) is 54.2 Å². The van der Waals surface area contributed by atoms with Gasteiger partial charge in [-0.15, -0.1) is 0 Å². The van der Waals surface area contributed by atoms with Gasteiger partial charge in [0.05, 0.1) is 18.5 Å². The highest BCUT2D eigenvalue weighted by atomic mass is 32.1. The minimum Gasteiger partial charge on any atom is -0.467 e. The number of nitrogens with zero attached hydrogens (tertiary/aromatic N) is 3. The van der Waals surface area contributed by atoms with E-state index in [0.717, 1.165) is 49.3 Å². The maximum Gasteiger partial charge on any atom is 0.169 e. The highest BCUT2D eigenvalue weighted by Gasteiger charge is 2.19. The Labute approximate surface area is 135 Å². The molecule has 0 spiro atoms. The molecule has 0 atom stereocenters. The Morgan fingerprint density at radius 1 is 1.18 bits per heavy atom. The van der Waals surface area contributed by atoms with Crippen molar-refractivity contribution in [2.45, 2.75) is 13.1 Å². The van der Waals surface area contributed by atoms with E-state index in [4.69, 9.17) is 16.6 Å². The van der Waals surface area contributed by atoms with Gasteiger partial charge in [-0.25, -0.2) is 0 Å². The summed E-state index contributed by atoms with van der Waals surface area (Å²) < 4.78 is 5.30. The molecule has 6 heteroatoms. The van der Waals surface area contributed by atoms with Gasteiger partial charge in [0.25, 0.3) is 0 Å². The van der Waals surface area contributed by atoms with Crippen LogP contribution < -0.4 is 5.32 Å². The van der Waals surface area contributed by atoms with Crippen LogP contribution in [0.25, 0.3) is 0 Å². The van der Waals surface area contributed by atoms with Crippen molar-refractivity contribution in [2.75, 3.05) is 26.2 Å². The number of pyridine rings is 1. The molecule has 0 aliphatic carbocycles. The Bertz CT molecular complexity index is 579. The molecule has 0 aromatic carbocycles. The molecule has 1 fully saturated rings. The topological polar surface area (TPSA) is 44.5 Å². The first-order valence-corrected chi connectivity index (χ1v) is 7.89. The standard InChI is InChI=1S/C16H20N4OS/c22-16(18-12-15-5-3-11-21-15)20-9-7-19(8-10-20)13-14-4-1-2-6-17-14/h1-6,11H,7-10,12-13H2,(H,18,22). The normalized spacial score (nSPS) is 15.7. The lowest BCUT2D eigenvalue weighted by molar-refractivity contribution is 0.173. The van der Waals surface area contributed by atoms with E-state index in [-0.39, 0.29) is 0 Å². The van der Waals surface area contributed by atoms with Crippen molar-refractivity contribution >= 4 is 17.3 Å². The van der Waals surface area contributed by atoms with E-state index in [0.29, 0.717) is 6.54 Å². The van der Waals surface area contributed by atoms with Gasteiger partial charge in [-0.3, -0.25) is 9.88 Å². The van der Waals surface area contributed by atoms with Crippen LogP contribution in [0.4, 0.5) is 0 Å². The molecule has 5 nitrogen and oxygen atoms in total. The summed E-state index contributed by atoms with van der Waals surface area (Å²) in [5.41, 5.74) is 1.12. The van der Waals surface area contributed by atoms with Crippen molar-refractivity contribution < 1.29 is 4.42 Å². The zero-order chi connectivity index (χ0) is 15.2. The van der Waals surface area contributed by atoms with E-state index >= 15 is 0 Å². The van der Waals surface area contributed by atoms with E-state index in [2.05, 4.69) is 26.2 Å². The smallest absolute Gasteiger partial charge is 0.169 e.